The van der Waals surface area contributed by atoms with Crippen molar-refractivity contribution < 1.29 is 10.6 Å². The number of rotatable bonds is 2. The molecule has 2 atom stereocenters. The van der Waals surface area contributed by atoms with Crippen molar-refractivity contribution in [1.82, 2.24) is 9.97 Å². The number of nitrogens with two attached hydrogens (primary N) is 1. The quantitative estimate of drug-likeness (QED) is 0.872. The maximum Gasteiger partial charge on any atom is 0.134 e. The smallest absolute Gasteiger partial charge is 0.134 e. The number of aromatic nitrogens is 2. The SMILES string of the molecule is Fc1cccc(N2CCCCC2)c1.Nc1cc(N2CC3CC2CO3)ncn1.[HH]. The molecule has 3 aliphatic rings. The maximum atomic E-state index is 12.9. The second-order valence-electron chi connectivity index (χ2n) is 7.33. The highest BCUT2D eigenvalue weighted by Gasteiger charge is 2.39. The molecule has 0 amide bonds. The monoisotopic (exact) mass is 373 g/mol. The number of hydrogen-bond donors (Lipinski definition) is 1. The Morgan fingerprint density at radius 1 is 1.15 bits per heavy atom. The first kappa shape index (κ1) is 18.0. The summed E-state index contributed by atoms with van der Waals surface area (Å²) in [6.07, 6.45) is 6.79. The largest absolute Gasteiger partial charge is 0.384 e. The van der Waals surface area contributed by atoms with Gasteiger partial charge in [0.05, 0.1) is 18.8 Å². The number of benzene rings is 1. The molecule has 1 aromatic carbocycles. The predicted molar refractivity (Wildman–Crippen MR) is 107 cm³/mol. The van der Waals surface area contributed by atoms with Gasteiger partial charge >= 0.3 is 0 Å². The van der Waals surface area contributed by atoms with E-state index >= 15 is 0 Å². The Kier molecular flexibility index (Phi) is 5.38. The van der Waals surface area contributed by atoms with Crippen LogP contribution >= 0.6 is 0 Å². The van der Waals surface area contributed by atoms with E-state index in [1.165, 1.54) is 31.7 Å². The first-order valence-corrected chi connectivity index (χ1v) is 9.65. The minimum absolute atomic E-state index is 0. The number of piperidine rings is 1. The van der Waals surface area contributed by atoms with Crippen molar-refractivity contribution >= 4 is 17.3 Å². The Labute approximate surface area is 160 Å². The van der Waals surface area contributed by atoms with E-state index in [2.05, 4.69) is 19.8 Å². The molecule has 3 fully saturated rings. The van der Waals surface area contributed by atoms with Crippen LogP contribution in [0.2, 0.25) is 0 Å². The molecule has 0 saturated carbocycles. The zero-order valence-electron chi connectivity index (χ0n) is 15.4. The van der Waals surface area contributed by atoms with Gasteiger partial charge in [0.25, 0.3) is 0 Å². The molecule has 0 spiro atoms. The van der Waals surface area contributed by atoms with Crippen LogP contribution in [0, 0.1) is 5.82 Å². The van der Waals surface area contributed by atoms with Gasteiger partial charge in [-0.15, -0.1) is 0 Å². The van der Waals surface area contributed by atoms with E-state index in [-0.39, 0.29) is 7.24 Å². The van der Waals surface area contributed by atoms with Crippen LogP contribution in [0.1, 0.15) is 27.1 Å². The summed E-state index contributed by atoms with van der Waals surface area (Å²) >= 11 is 0. The fourth-order valence-electron chi connectivity index (χ4n) is 4.02. The van der Waals surface area contributed by atoms with Gasteiger partial charge in [0.15, 0.2) is 0 Å². The molecule has 6 nitrogen and oxygen atoms in total. The first-order valence-electron chi connectivity index (χ1n) is 9.65. The van der Waals surface area contributed by atoms with Crippen LogP contribution in [0.5, 0.6) is 0 Å². The lowest BCUT2D eigenvalue weighted by Gasteiger charge is -2.28. The van der Waals surface area contributed by atoms with Crippen LogP contribution in [-0.4, -0.2) is 48.4 Å². The Morgan fingerprint density at radius 3 is 2.67 bits per heavy atom. The Bertz CT molecular complexity index is 774. The van der Waals surface area contributed by atoms with Gasteiger partial charge in [-0.05, 0) is 43.9 Å². The molecule has 27 heavy (non-hydrogen) atoms. The van der Waals surface area contributed by atoms with Crippen LogP contribution in [0.15, 0.2) is 36.7 Å². The summed E-state index contributed by atoms with van der Waals surface area (Å²) in [4.78, 5) is 12.6. The highest BCUT2D eigenvalue weighted by molar-refractivity contribution is 5.48. The van der Waals surface area contributed by atoms with Crippen molar-refractivity contribution in [2.45, 2.75) is 37.8 Å². The number of nitrogen functional groups attached to an aromatic ring is 1. The number of halogens is 1. The molecular weight excluding hydrogens is 345 g/mol. The molecule has 3 saturated heterocycles. The normalized spacial score (nSPS) is 23.9. The summed E-state index contributed by atoms with van der Waals surface area (Å²) in [7, 11) is 0. The van der Waals surface area contributed by atoms with Gasteiger partial charge in [-0.25, -0.2) is 14.4 Å². The fourth-order valence-corrected chi connectivity index (χ4v) is 4.02. The maximum absolute atomic E-state index is 12.9. The van der Waals surface area contributed by atoms with E-state index in [1.807, 2.05) is 12.1 Å². The number of morpholine rings is 1. The fraction of sp³-hybridized carbons (Fsp3) is 0.500. The van der Waals surface area contributed by atoms with Crippen LogP contribution in [0.3, 0.4) is 0 Å². The van der Waals surface area contributed by atoms with E-state index in [4.69, 9.17) is 10.5 Å². The number of ether oxygens (including phenoxy) is 1. The Morgan fingerprint density at radius 2 is 2.00 bits per heavy atom. The molecule has 0 aliphatic carbocycles. The van der Waals surface area contributed by atoms with Crippen molar-refractivity contribution in [3.05, 3.63) is 42.5 Å². The van der Waals surface area contributed by atoms with Crippen molar-refractivity contribution in [1.29, 1.82) is 0 Å². The zero-order chi connectivity index (χ0) is 18.6. The van der Waals surface area contributed by atoms with Gasteiger partial charge in [-0.3, -0.25) is 0 Å². The predicted octanol–water partition coefficient (Wildman–Crippen LogP) is 3.10. The topological polar surface area (TPSA) is 67.5 Å². The van der Waals surface area contributed by atoms with Gasteiger partial charge in [-0.2, -0.15) is 0 Å². The van der Waals surface area contributed by atoms with Gasteiger partial charge in [0.1, 0.15) is 23.8 Å². The minimum atomic E-state index is -0.136. The third kappa shape index (κ3) is 4.30. The van der Waals surface area contributed by atoms with Crippen LogP contribution in [0.25, 0.3) is 0 Å². The minimum Gasteiger partial charge on any atom is -0.384 e. The van der Waals surface area contributed by atoms with Gasteiger partial charge in [0.2, 0.25) is 0 Å². The standard InChI is InChI=1S/C11H14FN.C9H12N4O.H2/c12-10-5-4-6-11(9-10)13-7-2-1-3-8-13;10-8-2-9(12-5-11-8)13-3-7-1-6(13)4-14-7;/h4-6,9H,1-3,7-8H2;2,5-7H,1,3-4H2,(H2,10,11,12);1H. The highest BCUT2D eigenvalue weighted by Crippen LogP contribution is 2.31. The summed E-state index contributed by atoms with van der Waals surface area (Å²) in [5.74, 6) is 1.31. The van der Waals surface area contributed by atoms with Crippen molar-refractivity contribution in [2.75, 3.05) is 41.8 Å². The molecule has 146 valence electrons. The van der Waals surface area contributed by atoms with Crippen LogP contribution in [-0.2, 0) is 4.74 Å². The molecule has 7 heteroatoms. The summed E-state index contributed by atoms with van der Waals surface area (Å²) in [6, 6.07) is 9.17. The molecule has 5 rings (SSSR count). The van der Waals surface area contributed by atoms with E-state index in [0.717, 1.165) is 44.2 Å². The molecule has 2 bridgehead atoms. The van der Waals surface area contributed by atoms with Crippen molar-refractivity contribution in [3.8, 4) is 0 Å². The average molecular weight is 373 g/mol. The molecule has 2 unspecified atom stereocenters. The van der Waals surface area contributed by atoms with Crippen LogP contribution in [0.4, 0.5) is 21.7 Å². The second kappa shape index (κ2) is 8.08. The van der Waals surface area contributed by atoms with E-state index in [1.54, 1.807) is 12.1 Å². The lowest BCUT2D eigenvalue weighted by molar-refractivity contribution is 0.0989. The van der Waals surface area contributed by atoms with Gasteiger partial charge in [-0.1, -0.05) is 6.07 Å². The van der Waals surface area contributed by atoms with E-state index < -0.39 is 0 Å². The first-order chi connectivity index (χ1) is 13.2. The average Bonchev–Trinajstić information content (AvgIpc) is 3.33. The number of nitrogens with zero attached hydrogens (tertiary/aromatic N) is 4. The second-order valence-corrected chi connectivity index (χ2v) is 7.33. The summed E-state index contributed by atoms with van der Waals surface area (Å²) in [5.41, 5.74) is 6.64. The number of fused-ring (bicyclic) bond motifs is 2. The molecule has 3 aliphatic heterocycles. The van der Waals surface area contributed by atoms with Crippen LogP contribution < -0.4 is 15.5 Å². The summed E-state index contributed by atoms with van der Waals surface area (Å²) in [5, 5.41) is 0. The third-order valence-corrected chi connectivity index (χ3v) is 5.40. The molecule has 1 aromatic heterocycles. The Balaban J connectivity index is 0.000000156. The van der Waals surface area contributed by atoms with Crippen molar-refractivity contribution in [2.24, 2.45) is 0 Å². The third-order valence-electron chi connectivity index (χ3n) is 5.40. The molecular formula is C20H28FN5O. The Hall–Kier alpha value is -2.41. The van der Waals surface area contributed by atoms with Gasteiger partial charge in [0, 0.05) is 32.8 Å². The molecule has 2 N–H and O–H groups in total. The lowest BCUT2D eigenvalue weighted by atomic mass is 10.1. The zero-order valence-corrected chi connectivity index (χ0v) is 15.4. The molecule has 2 aromatic rings. The van der Waals surface area contributed by atoms with E-state index in [0.29, 0.717) is 18.0 Å². The van der Waals surface area contributed by atoms with E-state index in [9.17, 15) is 4.39 Å². The number of anilines is 3. The number of hydrogen-bond acceptors (Lipinski definition) is 6. The summed E-state index contributed by atoms with van der Waals surface area (Å²) in [6.45, 7) is 3.89. The highest BCUT2D eigenvalue weighted by atomic mass is 19.1. The molecule has 0 radical (unpaired) electrons. The van der Waals surface area contributed by atoms with Crippen molar-refractivity contribution in [3.63, 3.8) is 0 Å². The van der Waals surface area contributed by atoms with Gasteiger partial charge < -0.3 is 20.3 Å². The molecule has 4 heterocycles. The lowest BCUT2D eigenvalue weighted by Crippen LogP contribution is -2.37. The summed E-state index contributed by atoms with van der Waals surface area (Å²) < 4.78 is 18.4.